The first-order chi connectivity index (χ1) is 40.2. The SMILES string of the molecule is NC(=O)CCC(NC(=O)[C@@H]1CC[C@@H]2CCN(C(=O)CCCCCC#Cc3cccc4c3CN(C3CCC(=O)NC3=O)C4=O)C[C@H](NC(=O)c3ccc4ccc(C(F)(F)P(=O)(O)O)cc4c3)C(=O)N21)C(=O)NC(c1ccccc1)c1ccccc1. The Labute approximate surface area is 482 Å². The van der Waals surface area contributed by atoms with Gasteiger partial charge in [-0.25, -0.2) is 0 Å². The quantitative estimate of drug-likeness (QED) is 0.0244. The highest BCUT2D eigenvalue weighted by atomic mass is 31.2. The number of carbonyl (C=O) groups is 9. The lowest BCUT2D eigenvalue weighted by atomic mass is 9.98. The number of hydrogen-bond donors (Lipinski definition) is 7. The molecule has 4 aliphatic rings. The van der Waals surface area contributed by atoms with Crippen molar-refractivity contribution in [3.63, 3.8) is 0 Å². The molecule has 5 atom stereocenters. The summed E-state index contributed by atoms with van der Waals surface area (Å²) in [6, 6.07) is 24.5. The molecular weight excluding hydrogens is 1110 g/mol. The van der Waals surface area contributed by atoms with E-state index in [0.29, 0.717) is 54.2 Å². The molecule has 23 heteroatoms. The van der Waals surface area contributed by atoms with Gasteiger partial charge < -0.3 is 46.2 Å². The second-order valence-electron chi connectivity index (χ2n) is 21.4. The first kappa shape index (κ1) is 60.0. The van der Waals surface area contributed by atoms with E-state index in [-0.39, 0.29) is 93.3 Å². The minimum atomic E-state index is -5.94. The molecule has 0 saturated carbocycles. The highest BCUT2D eigenvalue weighted by Crippen LogP contribution is 2.59. The molecule has 0 radical (unpaired) electrons. The average Bonchev–Trinajstić information content (AvgIpc) is 2.63. The van der Waals surface area contributed by atoms with Gasteiger partial charge in [-0.3, -0.25) is 53.0 Å². The molecule has 4 heterocycles. The number of alkyl halides is 2. The Balaban J connectivity index is 0.896. The predicted octanol–water partition coefficient (Wildman–Crippen LogP) is 5.18. The third-order valence-corrected chi connectivity index (χ3v) is 16.8. The number of halogens is 2. The van der Waals surface area contributed by atoms with Crippen LogP contribution in [0.1, 0.15) is 132 Å². The van der Waals surface area contributed by atoms with Crippen molar-refractivity contribution in [1.82, 2.24) is 36.0 Å². The molecular formula is C61H63F2N8O12P. The van der Waals surface area contributed by atoms with Crippen molar-refractivity contribution in [1.29, 1.82) is 0 Å². The second kappa shape index (κ2) is 25.9. The highest BCUT2D eigenvalue weighted by Gasteiger charge is 2.51. The monoisotopic (exact) mass is 1170 g/mol. The van der Waals surface area contributed by atoms with Gasteiger partial charge in [-0.05, 0) is 103 Å². The Kier molecular flexibility index (Phi) is 18.5. The Hall–Kier alpha value is -8.64. The van der Waals surface area contributed by atoms with Crippen molar-refractivity contribution >= 4 is 71.5 Å². The van der Waals surface area contributed by atoms with Gasteiger partial charge in [0.05, 0.1) is 6.04 Å². The predicted molar refractivity (Wildman–Crippen MR) is 302 cm³/mol. The van der Waals surface area contributed by atoms with Gasteiger partial charge in [0.25, 0.3) is 11.8 Å². The standard InChI is InChI=1S/C61H63F2N8O12P/c62-61(63,84(81,82)83)43-24-23-37-21-22-41(33-42(37)34-43)55(75)66-48-36-69(53(74)20-11-3-1-2-6-13-38-18-12-19-45-46(38)35-70(59(45)79)49-28-30-52(73)67-57(49)77)32-31-44-25-27-50(71(44)60(48)80)58(78)65-47(26-29-51(64)72)56(76)68-54(39-14-7-4-8-15-39)40-16-9-5-10-17-40/h4-5,7-10,12,14-19,21-24,33-34,44,47-50,54H,1-3,11,20,25-32,35-36H2,(H2,64,72)(H,65,78)(H,66,75)(H,68,76)(H,67,73,77)(H2,81,82,83)/t44-,47?,48+,49?,50+/m1/s1. The number of rotatable bonds is 19. The van der Waals surface area contributed by atoms with Crippen molar-refractivity contribution in [2.24, 2.45) is 5.73 Å². The molecule has 20 nitrogen and oxygen atoms in total. The summed E-state index contributed by atoms with van der Waals surface area (Å²) >= 11 is 0. The maximum Gasteiger partial charge on any atom is 0.399 e. The Morgan fingerprint density at radius 1 is 0.798 bits per heavy atom. The van der Waals surface area contributed by atoms with Crippen LogP contribution in [-0.2, 0) is 50.3 Å². The molecule has 4 aliphatic heterocycles. The molecule has 0 spiro atoms. The number of imide groups is 1. The molecule has 9 amide bonds. The molecule has 8 N–H and O–H groups in total. The summed E-state index contributed by atoms with van der Waals surface area (Å²) in [7, 11) is -5.94. The molecule has 3 saturated heterocycles. The fourth-order valence-electron chi connectivity index (χ4n) is 11.4. The zero-order valence-electron chi connectivity index (χ0n) is 45.6. The first-order valence-corrected chi connectivity index (χ1v) is 29.4. The summed E-state index contributed by atoms with van der Waals surface area (Å²) in [5, 5.41) is 11.2. The van der Waals surface area contributed by atoms with Crippen LogP contribution in [0.15, 0.2) is 115 Å². The van der Waals surface area contributed by atoms with Gasteiger partial charge in [-0.1, -0.05) is 103 Å². The maximum atomic E-state index is 15.1. The summed E-state index contributed by atoms with van der Waals surface area (Å²) in [6.07, 6.45) is 2.81. The number of nitrogens with one attached hydrogen (secondary N) is 4. The lowest BCUT2D eigenvalue weighted by Gasteiger charge is -2.39. The van der Waals surface area contributed by atoms with Crippen LogP contribution in [-0.4, -0.2) is 121 Å². The van der Waals surface area contributed by atoms with E-state index in [4.69, 9.17) is 5.73 Å². The van der Waals surface area contributed by atoms with Crippen molar-refractivity contribution < 1.29 is 66.3 Å². The molecule has 0 aliphatic carbocycles. The highest BCUT2D eigenvalue weighted by molar-refractivity contribution is 7.52. The number of nitrogens with zero attached hydrogens (tertiary/aromatic N) is 3. The smallest absolute Gasteiger partial charge is 0.370 e. The van der Waals surface area contributed by atoms with E-state index >= 15 is 4.79 Å². The van der Waals surface area contributed by atoms with Gasteiger partial charge in [0.1, 0.15) is 24.2 Å². The summed E-state index contributed by atoms with van der Waals surface area (Å²) in [6.45, 7) is -0.0204. The maximum absolute atomic E-state index is 15.1. The second-order valence-corrected chi connectivity index (χ2v) is 23.1. The number of unbranched alkanes of at least 4 members (excludes halogenated alkanes) is 3. The molecule has 2 unspecified atom stereocenters. The van der Waals surface area contributed by atoms with E-state index in [2.05, 4.69) is 33.1 Å². The van der Waals surface area contributed by atoms with Crippen molar-refractivity contribution in [2.45, 2.75) is 126 Å². The van der Waals surface area contributed by atoms with Crippen molar-refractivity contribution in [3.8, 4) is 11.8 Å². The van der Waals surface area contributed by atoms with Crippen LogP contribution in [0.3, 0.4) is 0 Å². The first-order valence-electron chi connectivity index (χ1n) is 27.8. The van der Waals surface area contributed by atoms with E-state index in [1.807, 2.05) is 60.7 Å². The summed E-state index contributed by atoms with van der Waals surface area (Å²) in [4.78, 5) is 145. The van der Waals surface area contributed by atoms with Gasteiger partial charge in [0.2, 0.25) is 41.4 Å². The average molecular weight is 1170 g/mol. The number of amides is 9. The zero-order valence-corrected chi connectivity index (χ0v) is 46.5. The van der Waals surface area contributed by atoms with Crippen LogP contribution in [0, 0.1) is 11.8 Å². The topological polar surface area (TPSA) is 295 Å². The van der Waals surface area contributed by atoms with Gasteiger partial charge in [0.15, 0.2) is 0 Å². The fraction of sp³-hybridized carbons (Fsp3) is 0.361. The van der Waals surface area contributed by atoms with Crippen molar-refractivity contribution in [2.75, 3.05) is 13.1 Å². The van der Waals surface area contributed by atoms with Crippen LogP contribution >= 0.6 is 7.60 Å². The number of hydrogen-bond acceptors (Lipinski definition) is 10. The van der Waals surface area contributed by atoms with Gasteiger partial charge >= 0.3 is 13.3 Å². The van der Waals surface area contributed by atoms with Crippen LogP contribution in [0.2, 0.25) is 0 Å². The number of piperidine rings is 1. The number of primary amides is 1. The molecule has 5 aromatic rings. The molecule has 0 aromatic heterocycles. The lowest BCUT2D eigenvalue weighted by Crippen LogP contribution is -2.62. The summed E-state index contributed by atoms with van der Waals surface area (Å²) in [5.74, 6) is 1.20. The molecule has 3 fully saturated rings. The van der Waals surface area contributed by atoms with Crippen LogP contribution in [0.5, 0.6) is 0 Å². The van der Waals surface area contributed by atoms with E-state index in [9.17, 15) is 61.5 Å². The number of nitrogens with two attached hydrogens (primary N) is 1. The molecule has 438 valence electrons. The normalized spacial score (nSPS) is 19.3. The van der Waals surface area contributed by atoms with Gasteiger partial charge in [-0.2, -0.15) is 8.78 Å². The number of fused-ring (bicyclic) bond motifs is 3. The van der Waals surface area contributed by atoms with E-state index in [0.717, 1.165) is 23.3 Å². The van der Waals surface area contributed by atoms with E-state index in [1.54, 1.807) is 18.2 Å². The molecule has 0 bridgehead atoms. The Morgan fingerprint density at radius 2 is 1.51 bits per heavy atom. The zero-order chi connectivity index (χ0) is 59.9. The Morgan fingerprint density at radius 3 is 2.20 bits per heavy atom. The van der Waals surface area contributed by atoms with Crippen molar-refractivity contribution in [3.05, 3.63) is 154 Å². The largest absolute Gasteiger partial charge is 0.399 e. The number of carbonyl (C=O) groups excluding carboxylic acids is 9. The fourth-order valence-corrected chi connectivity index (χ4v) is 11.8. The van der Waals surface area contributed by atoms with Gasteiger partial charge in [0, 0.05) is 73.6 Å². The number of benzene rings is 5. The van der Waals surface area contributed by atoms with Crippen LogP contribution < -0.4 is 27.0 Å². The minimum Gasteiger partial charge on any atom is -0.370 e. The van der Waals surface area contributed by atoms with Crippen LogP contribution in [0.25, 0.3) is 10.8 Å². The molecule has 84 heavy (non-hydrogen) atoms. The minimum absolute atomic E-state index is 0.0311. The third kappa shape index (κ3) is 13.6. The van der Waals surface area contributed by atoms with Gasteiger partial charge in [-0.15, -0.1) is 0 Å². The molecule has 9 rings (SSSR count). The van der Waals surface area contributed by atoms with E-state index in [1.165, 1.54) is 39.0 Å². The Bertz CT molecular complexity index is 3480. The third-order valence-electron chi connectivity index (χ3n) is 15.8. The van der Waals surface area contributed by atoms with E-state index < -0.39 is 90.5 Å². The summed E-state index contributed by atoms with van der Waals surface area (Å²) < 4.78 is 41.4. The van der Waals surface area contributed by atoms with Crippen LogP contribution in [0.4, 0.5) is 8.78 Å². The molecule has 5 aromatic carbocycles. The lowest BCUT2D eigenvalue weighted by molar-refractivity contribution is -0.145. The summed E-state index contributed by atoms with van der Waals surface area (Å²) in [5.41, 5.74) is 3.18.